The highest BCUT2D eigenvalue weighted by molar-refractivity contribution is 6.69. The smallest absolute Gasteiger partial charge is 0.407 e. The molecular formula is C55H78Cl12N14O19. The Morgan fingerprint density at radius 3 is 1.28 bits per heavy atom. The third-order valence-corrected chi connectivity index (χ3v) is 14.6. The molecule has 1 saturated heterocycles. The second kappa shape index (κ2) is 44.5. The number of rotatable bonds is 26. The molecule has 2 rings (SSSR count). The number of alkyl halides is 12. The normalized spacial score (nSPS) is 21.0. The predicted molar refractivity (Wildman–Crippen MR) is 371 cm³/mol. The molecule has 1 fully saturated rings. The van der Waals surface area contributed by atoms with Crippen LogP contribution in [0.1, 0.15) is 71.8 Å². The molecule has 17 N–H and O–H groups in total. The van der Waals surface area contributed by atoms with Crippen LogP contribution in [0.2, 0.25) is 0 Å². The van der Waals surface area contributed by atoms with Gasteiger partial charge in [-0.15, -0.1) is 0 Å². The summed E-state index contributed by atoms with van der Waals surface area (Å²) in [6.45, 7) is -0.188. The number of aliphatic hydroxyl groups excluding tert-OH is 2. The summed E-state index contributed by atoms with van der Waals surface area (Å²) in [4.78, 5) is 181. The van der Waals surface area contributed by atoms with E-state index in [-0.39, 0.29) is 12.8 Å². The lowest BCUT2D eigenvalue weighted by molar-refractivity contribution is -0.136. The highest BCUT2D eigenvalue weighted by Crippen LogP contribution is 2.28. The van der Waals surface area contributed by atoms with Crippen LogP contribution in [0.15, 0.2) is 30.3 Å². The molecule has 1 heterocycles. The standard InChI is InChI=1S/C55H78Cl12N14O19/c1-26(2)20-35-44(89)77-31(11-16-70-48(93)97-22-52(56,57)58)40(85)76-34(14-19-73-51(96)100-25-55(65,66)67)43(88)81-38(28(4)83)47(92)69-15-10-30(74-41(86)33(78-46(91)37(68)27(3)82)13-18-72-50(95)99-24-54(62,63)64)39(84)75-32(12-17-71-49(94)98-23-53(59,60)61)42(87)80-36(45(90)79-35)21-29-8-6-5-7-9-29/h5-9,26-28,30-38,82-83H,10-25,68H2,1-4H3,(H,69,92)(H,70,93)(H,71,94)(H,72,95)(H,73,96)(H,74,86)(H,75,84)(H,76,85)(H,77,89)(H,78,91)(H,79,90)(H,80,87)(H,81,88)/t27-,28-,30+,31+,32+,33+,34+,35+,36-,37+,38+/m1/s1. The maximum atomic E-state index is 14.9. The van der Waals surface area contributed by atoms with E-state index in [1.165, 1.54) is 0 Å². The van der Waals surface area contributed by atoms with Crippen molar-refractivity contribution in [2.45, 2.75) is 154 Å². The number of ether oxygens (including phenoxy) is 4. The van der Waals surface area contributed by atoms with E-state index in [2.05, 4.69) is 69.1 Å². The molecule has 11 atom stereocenters. The van der Waals surface area contributed by atoms with Gasteiger partial charge < -0.3 is 104 Å². The van der Waals surface area contributed by atoms with Gasteiger partial charge in [-0.05, 0) is 63.9 Å². The second-order valence-electron chi connectivity index (χ2n) is 22.4. The lowest BCUT2D eigenvalue weighted by Crippen LogP contribution is -2.61. The molecule has 1 aromatic carbocycles. The van der Waals surface area contributed by atoms with Crippen LogP contribution in [0.4, 0.5) is 19.2 Å². The Hall–Kier alpha value is -5.11. The molecule has 0 radical (unpaired) electrons. The van der Waals surface area contributed by atoms with E-state index >= 15 is 0 Å². The number of nitrogens with two attached hydrogens (primary N) is 1. The van der Waals surface area contributed by atoms with Crippen LogP contribution in [-0.2, 0) is 68.5 Å². The fourth-order valence-corrected chi connectivity index (χ4v) is 9.06. The maximum absolute atomic E-state index is 14.9. The van der Waals surface area contributed by atoms with Gasteiger partial charge >= 0.3 is 24.4 Å². The van der Waals surface area contributed by atoms with Crippen molar-refractivity contribution >= 4 is 217 Å². The SMILES string of the molecule is CC(C)C[C@@H]1NC(=O)[C@@H](Cc2ccccc2)NC(=O)[C@H](CCNC(=O)OCC(Cl)(Cl)Cl)NC(=O)[C@@H](NC(=O)[C@H](CCNC(=O)OCC(Cl)(Cl)Cl)NC(=O)[C@@H](N)[C@@H](C)O)CCNC(=O)[C@H]([C@@H](C)O)NC(=O)[C@H](CCNC(=O)OCC(Cl)(Cl)Cl)NC(=O)[C@H](CCNC(=O)OCC(Cl)(Cl)Cl)NC1=O. The minimum atomic E-state index is -2.07. The van der Waals surface area contributed by atoms with Gasteiger partial charge in [-0.1, -0.05) is 183 Å². The summed E-state index contributed by atoms with van der Waals surface area (Å²) in [5.74, 6) is -10.9. The van der Waals surface area contributed by atoms with Crippen LogP contribution < -0.4 is 74.9 Å². The number of halogens is 12. The number of carbonyl (C=O) groups excluding carboxylic acids is 13. The molecule has 0 aliphatic carbocycles. The number of alkyl carbamates (subject to hydrolysis) is 4. The molecule has 1 aromatic rings. The van der Waals surface area contributed by atoms with Gasteiger partial charge in [0.2, 0.25) is 68.3 Å². The van der Waals surface area contributed by atoms with Gasteiger partial charge in [-0.2, -0.15) is 0 Å². The maximum Gasteiger partial charge on any atom is 0.407 e. The molecule has 0 saturated carbocycles. The monoisotopic (exact) mass is 1660 g/mol. The number of nitrogens with one attached hydrogen (secondary N) is 13. The Balaban J connectivity index is 3.02. The summed E-state index contributed by atoms with van der Waals surface area (Å²) in [6, 6.07) is -8.05. The molecule has 33 nitrogen and oxygen atoms in total. The molecule has 1 aliphatic rings. The Kier molecular flexibility index (Phi) is 40.5. The van der Waals surface area contributed by atoms with E-state index in [9.17, 15) is 72.5 Å². The van der Waals surface area contributed by atoms with Crippen molar-refractivity contribution in [1.29, 1.82) is 0 Å². The zero-order valence-electron chi connectivity index (χ0n) is 53.6. The number of aliphatic hydroxyl groups is 2. The first-order valence-electron chi connectivity index (χ1n) is 30.1. The number of amides is 13. The van der Waals surface area contributed by atoms with Gasteiger partial charge in [0.05, 0.1) is 12.2 Å². The van der Waals surface area contributed by atoms with Gasteiger partial charge in [-0.3, -0.25) is 43.2 Å². The number of carbonyl (C=O) groups is 13. The summed E-state index contributed by atoms with van der Waals surface area (Å²) < 4.78 is 11.3. The van der Waals surface area contributed by atoms with Crippen LogP contribution in [0.5, 0.6) is 0 Å². The molecule has 0 spiro atoms. The molecule has 566 valence electrons. The number of hydrogen-bond donors (Lipinski definition) is 16. The van der Waals surface area contributed by atoms with Gasteiger partial charge in [0, 0.05) is 39.1 Å². The summed E-state index contributed by atoms with van der Waals surface area (Å²) in [5.41, 5.74) is 6.30. The summed E-state index contributed by atoms with van der Waals surface area (Å²) >= 11 is 68.6. The van der Waals surface area contributed by atoms with Gasteiger partial charge in [-0.25, -0.2) is 19.2 Å². The zero-order chi connectivity index (χ0) is 75.9. The highest BCUT2D eigenvalue weighted by atomic mass is 35.6. The average Bonchev–Trinajstić information content (AvgIpc) is 0.915. The molecule has 1 aliphatic heterocycles. The lowest BCUT2D eigenvalue weighted by Gasteiger charge is -2.29. The zero-order valence-corrected chi connectivity index (χ0v) is 62.6. The van der Waals surface area contributed by atoms with E-state index < -0.39 is 256 Å². The predicted octanol–water partition coefficient (Wildman–Crippen LogP) is 1.71. The summed E-state index contributed by atoms with van der Waals surface area (Å²) in [5, 5.41) is 52.3. The first-order chi connectivity index (χ1) is 46.3. The van der Waals surface area contributed by atoms with Crippen molar-refractivity contribution in [2.75, 3.05) is 59.2 Å². The van der Waals surface area contributed by atoms with E-state index in [1.807, 2.05) is 0 Å². The van der Waals surface area contributed by atoms with Crippen molar-refractivity contribution in [3.63, 3.8) is 0 Å². The average molecular weight is 1660 g/mol. The number of benzene rings is 1. The largest absolute Gasteiger partial charge is 0.445 e. The lowest BCUT2D eigenvalue weighted by atomic mass is 10.00. The third-order valence-electron chi connectivity index (χ3n) is 13.3. The Morgan fingerprint density at radius 1 is 0.510 bits per heavy atom. The Labute approximate surface area is 634 Å². The van der Waals surface area contributed by atoms with Crippen LogP contribution in [-0.4, -0.2) is 229 Å². The van der Waals surface area contributed by atoms with E-state index in [1.54, 1.807) is 44.2 Å². The fourth-order valence-electron chi connectivity index (χ4n) is 8.40. The molecule has 13 amide bonds. The third kappa shape index (κ3) is 39.5. The van der Waals surface area contributed by atoms with Crippen LogP contribution in [0, 0.1) is 5.92 Å². The molecular weight excluding hydrogens is 1590 g/mol. The molecule has 45 heteroatoms. The fraction of sp³-hybridized carbons (Fsp3) is 0.655. The Bertz CT molecular complexity index is 2920. The molecule has 0 aromatic heterocycles. The molecule has 100 heavy (non-hydrogen) atoms. The van der Waals surface area contributed by atoms with Crippen molar-refractivity contribution < 1.29 is 91.5 Å². The van der Waals surface area contributed by atoms with Crippen LogP contribution in [0.25, 0.3) is 0 Å². The number of hydrogen-bond acceptors (Lipinski definition) is 20. The van der Waals surface area contributed by atoms with Gasteiger partial charge in [0.15, 0.2) is 0 Å². The summed E-state index contributed by atoms with van der Waals surface area (Å²) in [6.07, 6.45) is -11.4. The first-order valence-corrected chi connectivity index (χ1v) is 34.6. The molecule has 0 bridgehead atoms. The minimum Gasteiger partial charge on any atom is -0.445 e. The quantitative estimate of drug-likeness (QED) is 0.0464. The first kappa shape index (κ1) is 91.0. The molecule has 0 unspecified atom stereocenters. The highest BCUT2D eigenvalue weighted by Gasteiger charge is 2.38. The van der Waals surface area contributed by atoms with E-state index in [4.69, 9.17) is 164 Å². The van der Waals surface area contributed by atoms with Crippen LogP contribution in [0.3, 0.4) is 0 Å². The van der Waals surface area contributed by atoms with Crippen LogP contribution >= 0.6 is 139 Å². The topological polar surface area (TPSA) is 482 Å². The second-order valence-corrected chi connectivity index (χ2v) is 32.5. The van der Waals surface area contributed by atoms with Gasteiger partial charge in [0.25, 0.3) is 0 Å². The van der Waals surface area contributed by atoms with Gasteiger partial charge in [0.1, 0.15) is 80.8 Å². The van der Waals surface area contributed by atoms with E-state index in [0.717, 1.165) is 13.8 Å². The minimum absolute atomic E-state index is 0.182. The van der Waals surface area contributed by atoms with Crippen molar-refractivity contribution in [1.82, 2.24) is 69.1 Å². The van der Waals surface area contributed by atoms with E-state index in [0.29, 0.717) is 5.56 Å². The van der Waals surface area contributed by atoms with Crippen molar-refractivity contribution in [3.05, 3.63) is 35.9 Å². The summed E-state index contributed by atoms with van der Waals surface area (Å²) in [7, 11) is 0. The van der Waals surface area contributed by atoms with Crippen molar-refractivity contribution in [2.24, 2.45) is 11.7 Å². The Morgan fingerprint density at radius 2 is 0.880 bits per heavy atom. The van der Waals surface area contributed by atoms with Crippen molar-refractivity contribution in [3.8, 4) is 0 Å².